The summed E-state index contributed by atoms with van der Waals surface area (Å²) in [7, 11) is 0. The number of allylic oxidation sites excluding steroid dienone is 2. The Kier molecular flexibility index (Phi) is 4.96. The molecule has 0 spiro atoms. The summed E-state index contributed by atoms with van der Waals surface area (Å²) in [5.74, 6) is 1.03. The summed E-state index contributed by atoms with van der Waals surface area (Å²) in [6.45, 7) is 6.93. The summed E-state index contributed by atoms with van der Waals surface area (Å²) >= 11 is 0. The van der Waals surface area contributed by atoms with E-state index in [0.717, 1.165) is 25.2 Å². The number of hydrogen-bond donors (Lipinski definition) is 0. The maximum absolute atomic E-state index is 5.60. The van der Waals surface area contributed by atoms with Crippen molar-refractivity contribution in [3.8, 4) is 5.75 Å². The van der Waals surface area contributed by atoms with Crippen molar-refractivity contribution in [1.82, 2.24) is 0 Å². The van der Waals surface area contributed by atoms with Crippen LogP contribution in [0.5, 0.6) is 5.75 Å². The highest BCUT2D eigenvalue weighted by molar-refractivity contribution is 5.37. The number of hydrogen-bond acceptors (Lipinski definition) is 1. The van der Waals surface area contributed by atoms with Crippen LogP contribution in [0.15, 0.2) is 30.4 Å². The molecule has 0 heterocycles. The van der Waals surface area contributed by atoms with Crippen LogP contribution in [0, 0.1) is 6.92 Å². The molecule has 0 saturated heterocycles. The van der Waals surface area contributed by atoms with Crippen LogP contribution in [-0.2, 0) is 6.42 Å². The minimum absolute atomic E-state index is 0.736. The smallest absolute Gasteiger partial charge is 0.122 e. The molecule has 1 nitrogen and oxygen atoms in total. The minimum Gasteiger partial charge on any atom is -0.494 e. The standard InChI is InChI=1S/C14H20O/c1-4-6-7-8-13-11-12(3)9-10-14(13)15-5-2/h4,6,9-11H,5,7-8H2,1-3H3/b6-4-. The molecule has 82 valence electrons. The van der Waals surface area contributed by atoms with Crippen molar-refractivity contribution in [2.24, 2.45) is 0 Å². The Balaban J connectivity index is 2.76. The van der Waals surface area contributed by atoms with Gasteiger partial charge in [0.2, 0.25) is 0 Å². The van der Waals surface area contributed by atoms with Gasteiger partial charge in [-0.15, -0.1) is 0 Å². The van der Waals surface area contributed by atoms with Crippen molar-refractivity contribution in [2.45, 2.75) is 33.6 Å². The molecule has 1 aromatic carbocycles. The Morgan fingerprint density at radius 3 is 2.80 bits per heavy atom. The van der Waals surface area contributed by atoms with E-state index in [-0.39, 0.29) is 0 Å². The summed E-state index contributed by atoms with van der Waals surface area (Å²) in [4.78, 5) is 0. The first-order valence-corrected chi connectivity index (χ1v) is 5.61. The highest BCUT2D eigenvalue weighted by Crippen LogP contribution is 2.21. The Labute approximate surface area is 92.8 Å². The van der Waals surface area contributed by atoms with Gasteiger partial charge in [-0.1, -0.05) is 29.8 Å². The number of aryl methyl sites for hydroxylation is 2. The normalized spacial score (nSPS) is 10.9. The van der Waals surface area contributed by atoms with Crippen LogP contribution >= 0.6 is 0 Å². The second kappa shape index (κ2) is 6.28. The van der Waals surface area contributed by atoms with Crippen molar-refractivity contribution in [3.05, 3.63) is 41.5 Å². The van der Waals surface area contributed by atoms with Gasteiger partial charge in [0.25, 0.3) is 0 Å². The first-order chi connectivity index (χ1) is 7.27. The molecule has 15 heavy (non-hydrogen) atoms. The van der Waals surface area contributed by atoms with Crippen molar-refractivity contribution >= 4 is 0 Å². The van der Waals surface area contributed by atoms with E-state index < -0.39 is 0 Å². The van der Waals surface area contributed by atoms with Crippen LogP contribution in [0.1, 0.15) is 31.4 Å². The Morgan fingerprint density at radius 2 is 2.13 bits per heavy atom. The molecule has 0 amide bonds. The molecular formula is C14H20O. The topological polar surface area (TPSA) is 9.23 Å². The van der Waals surface area contributed by atoms with Crippen LogP contribution in [-0.4, -0.2) is 6.61 Å². The summed E-state index contributed by atoms with van der Waals surface area (Å²) in [6.07, 6.45) is 6.43. The van der Waals surface area contributed by atoms with Crippen LogP contribution in [0.2, 0.25) is 0 Å². The Morgan fingerprint density at radius 1 is 1.33 bits per heavy atom. The van der Waals surface area contributed by atoms with E-state index in [0.29, 0.717) is 0 Å². The van der Waals surface area contributed by atoms with E-state index >= 15 is 0 Å². The fourth-order valence-corrected chi connectivity index (χ4v) is 1.61. The molecule has 0 aromatic heterocycles. The zero-order chi connectivity index (χ0) is 11.1. The van der Waals surface area contributed by atoms with Crippen molar-refractivity contribution in [2.75, 3.05) is 6.61 Å². The molecule has 0 radical (unpaired) electrons. The first kappa shape index (κ1) is 11.8. The van der Waals surface area contributed by atoms with Gasteiger partial charge in [-0.25, -0.2) is 0 Å². The lowest BCUT2D eigenvalue weighted by molar-refractivity contribution is 0.336. The zero-order valence-corrected chi connectivity index (χ0v) is 9.92. The average Bonchev–Trinajstić information content (AvgIpc) is 2.22. The van der Waals surface area contributed by atoms with Gasteiger partial charge < -0.3 is 4.74 Å². The van der Waals surface area contributed by atoms with Gasteiger partial charge in [0.1, 0.15) is 5.75 Å². The van der Waals surface area contributed by atoms with Crippen LogP contribution in [0.25, 0.3) is 0 Å². The van der Waals surface area contributed by atoms with Gasteiger partial charge in [-0.2, -0.15) is 0 Å². The Bertz CT molecular complexity index is 326. The molecule has 1 aromatic rings. The highest BCUT2D eigenvalue weighted by Gasteiger charge is 2.02. The Hall–Kier alpha value is -1.24. The molecule has 0 aliphatic carbocycles. The average molecular weight is 204 g/mol. The van der Waals surface area contributed by atoms with Crippen molar-refractivity contribution in [3.63, 3.8) is 0 Å². The van der Waals surface area contributed by atoms with Crippen LogP contribution in [0.3, 0.4) is 0 Å². The summed E-state index contributed by atoms with van der Waals surface area (Å²) in [5.41, 5.74) is 2.61. The van der Waals surface area contributed by atoms with E-state index in [9.17, 15) is 0 Å². The summed E-state index contributed by atoms with van der Waals surface area (Å²) in [5, 5.41) is 0. The van der Waals surface area contributed by atoms with Gasteiger partial charge in [-0.05, 0) is 45.2 Å². The monoisotopic (exact) mass is 204 g/mol. The molecule has 0 unspecified atom stereocenters. The van der Waals surface area contributed by atoms with Gasteiger partial charge >= 0.3 is 0 Å². The predicted molar refractivity (Wildman–Crippen MR) is 65.5 cm³/mol. The molecule has 0 bridgehead atoms. The van der Waals surface area contributed by atoms with E-state index in [1.54, 1.807) is 0 Å². The van der Waals surface area contributed by atoms with E-state index in [1.165, 1.54) is 11.1 Å². The molecule has 0 atom stereocenters. The third-order valence-electron chi connectivity index (χ3n) is 2.33. The van der Waals surface area contributed by atoms with Crippen molar-refractivity contribution in [1.29, 1.82) is 0 Å². The molecular weight excluding hydrogens is 184 g/mol. The molecule has 0 N–H and O–H groups in total. The summed E-state index contributed by atoms with van der Waals surface area (Å²) in [6, 6.07) is 6.39. The van der Waals surface area contributed by atoms with Gasteiger partial charge in [0.05, 0.1) is 6.61 Å². The zero-order valence-electron chi connectivity index (χ0n) is 9.92. The van der Waals surface area contributed by atoms with Crippen LogP contribution in [0.4, 0.5) is 0 Å². The number of rotatable bonds is 5. The number of benzene rings is 1. The second-order valence-electron chi connectivity index (χ2n) is 3.65. The predicted octanol–water partition coefficient (Wildman–Crippen LogP) is 3.90. The minimum atomic E-state index is 0.736. The molecule has 0 fully saturated rings. The third-order valence-corrected chi connectivity index (χ3v) is 2.33. The van der Waals surface area contributed by atoms with E-state index in [1.807, 2.05) is 6.92 Å². The fraction of sp³-hybridized carbons (Fsp3) is 0.429. The lowest BCUT2D eigenvalue weighted by atomic mass is 10.1. The van der Waals surface area contributed by atoms with Crippen molar-refractivity contribution < 1.29 is 4.74 Å². The highest BCUT2D eigenvalue weighted by atomic mass is 16.5. The quantitative estimate of drug-likeness (QED) is 0.661. The molecule has 0 saturated carbocycles. The maximum Gasteiger partial charge on any atom is 0.122 e. The lowest BCUT2D eigenvalue weighted by Gasteiger charge is -2.10. The van der Waals surface area contributed by atoms with E-state index in [4.69, 9.17) is 4.74 Å². The summed E-state index contributed by atoms with van der Waals surface area (Å²) < 4.78 is 5.60. The van der Waals surface area contributed by atoms with Crippen LogP contribution < -0.4 is 4.74 Å². The molecule has 0 aliphatic rings. The lowest BCUT2D eigenvalue weighted by Crippen LogP contribution is -1.97. The fourth-order valence-electron chi connectivity index (χ4n) is 1.61. The number of ether oxygens (including phenoxy) is 1. The third kappa shape index (κ3) is 3.78. The van der Waals surface area contributed by atoms with E-state index in [2.05, 4.69) is 44.2 Å². The largest absolute Gasteiger partial charge is 0.494 e. The SMILES string of the molecule is C/C=C\CCc1cc(C)ccc1OCC. The maximum atomic E-state index is 5.60. The van der Waals surface area contributed by atoms with Gasteiger partial charge in [0, 0.05) is 0 Å². The second-order valence-corrected chi connectivity index (χ2v) is 3.65. The molecule has 0 aliphatic heterocycles. The van der Waals surface area contributed by atoms with Gasteiger partial charge in [0.15, 0.2) is 0 Å². The van der Waals surface area contributed by atoms with Gasteiger partial charge in [-0.3, -0.25) is 0 Å². The molecule has 1 rings (SSSR count). The molecule has 1 heteroatoms. The first-order valence-electron chi connectivity index (χ1n) is 5.61.